The van der Waals surface area contributed by atoms with Crippen LogP contribution in [0.15, 0.2) is 0 Å². The van der Waals surface area contributed by atoms with Gasteiger partial charge in [-0.3, -0.25) is 9.46 Å². The van der Waals surface area contributed by atoms with Gasteiger partial charge in [-0.15, -0.1) is 0 Å². The number of hydrogen-bond donors (Lipinski definition) is 3. The summed E-state index contributed by atoms with van der Waals surface area (Å²) in [7, 11) is -3.84. The van der Waals surface area contributed by atoms with E-state index in [4.69, 9.17) is 9.79 Å². The first-order valence-corrected chi connectivity index (χ1v) is 5.35. The minimum atomic E-state index is -3.84. The molecule has 1 aliphatic rings. The zero-order chi connectivity index (χ0) is 8.32. The van der Waals surface area contributed by atoms with Crippen LogP contribution in [0.2, 0.25) is 0 Å². The number of rotatable bonds is 2. The van der Waals surface area contributed by atoms with Crippen LogP contribution in [-0.4, -0.2) is 47.2 Å². The van der Waals surface area contributed by atoms with Crippen molar-refractivity contribution < 1.29 is 14.4 Å². The van der Waals surface area contributed by atoms with E-state index in [0.717, 1.165) is 26.2 Å². The second-order valence-electron chi connectivity index (χ2n) is 2.67. The first-order valence-electron chi connectivity index (χ1n) is 3.55. The van der Waals surface area contributed by atoms with Crippen molar-refractivity contribution in [2.75, 3.05) is 32.5 Å². The lowest BCUT2D eigenvalue weighted by atomic mass is 10.4. The molecule has 1 fully saturated rings. The summed E-state index contributed by atoms with van der Waals surface area (Å²) >= 11 is 0. The van der Waals surface area contributed by atoms with Crippen LogP contribution in [0.5, 0.6) is 0 Å². The summed E-state index contributed by atoms with van der Waals surface area (Å²) < 4.78 is 10.5. The van der Waals surface area contributed by atoms with Crippen molar-refractivity contribution in [1.82, 2.24) is 10.2 Å². The third-order valence-corrected chi connectivity index (χ3v) is 2.36. The van der Waals surface area contributed by atoms with E-state index in [9.17, 15) is 4.57 Å². The van der Waals surface area contributed by atoms with Crippen LogP contribution >= 0.6 is 7.60 Å². The van der Waals surface area contributed by atoms with Gasteiger partial charge in [-0.05, 0) is 0 Å². The van der Waals surface area contributed by atoms with Gasteiger partial charge in [-0.25, -0.2) is 0 Å². The molecule has 1 rings (SSSR count). The summed E-state index contributed by atoms with van der Waals surface area (Å²) in [6, 6.07) is 0. The quantitative estimate of drug-likeness (QED) is 0.477. The van der Waals surface area contributed by atoms with Crippen molar-refractivity contribution in [3.05, 3.63) is 0 Å². The van der Waals surface area contributed by atoms with Crippen LogP contribution in [0.1, 0.15) is 0 Å². The molecule has 11 heavy (non-hydrogen) atoms. The summed E-state index contributed by atoms with van der Waals surface area (Å²) in [4.78, 5) is 19.0. The SMILES string of the molecule is O=P(O)(O)CN1CCNCC1. The van der Waals surface area contributed by atoms with Crippen molar-refractivity contribution in [3.8, 4) is 0 Å². The van der Waals surface area contributed by atoms with E-state index in [1.165, 1.54) is 0 Å². The highest BCUT2D eigenvalue weighted by atomic mass is 31.2. The lowest BCUT2D eigenvalue weighted by molar-refractivity contribution is 0.249. The maximum atomic E-state index is 10.5. The maximum Gasteiger partial charge on any atom is 0.339 e. The smallest absolute Gasteiger partial charge is 0.324 e. The van der Waals surface area contributed by atoms with Crippen LogP contribution < -0.4 is 5.32 Å². The highest BCUT2D eigenvalue weighted by Gasteiger charge is 2.19. The zero-order valence-corrected chi connectivity index (χ0v) is 7.13. The Labute approximate surface area is 65.6 Å². The topological polar surface area (TPSA) is 72.8 Å². The summed E-state index contributed by atoms with van der Waals surface area (Å²) in [5.74, 6) is 0. The Bertz CT molecular complexity index is 163. The van der Waals surface area contributed by atoms with Gasteiger partial charge in [0.15, 0.2) is 0 Å². The molecule has 1 heterocycles. The third-order valence-electron chi connectivity index (χ3n) is 1.59. The van der Waals surface area contributed by atoms with E-state index in [1.54, 1.807) is 4.90 Å². The monoisotopic (exact) mass is 180 g/mol. The molecule has 5 nitrogen and oxygen atoms in total. The molecule has 6 heteroatoms. The summed E-state index contributed by atoms with van der Waals surface area (Å²) in [6.45, 7) is 3.09. The molecular weight excluding hydrogens is 167 g/mol. The molecule has 0 aromatic carbocycles. The highest BCUT2D eigenvalue weighted by molar-refractivity contribution is 7.51. The molecule has 0 aromatic heterocycles. The van der Waals surface area contributed by atoms with Gasteiger partial charge in [0.05, 0.1) is 0 Å². The predicted octanol–water partition coefficient (Wildman–Crippen LogP) is -0.973. The molecule has 1 saturated heterocycles. The van der Waals surface area contributed by atoms with Crippen molar-refractivity contribution in [2.45, 2.75) is 0 Å². The van der Waals surface area contributed by atoms with Crippen molar-refractivity contribution in [1.29, 1.82) is 0 Å². The summed E-state index contributed by atoms with van der Waals surface area (Å²) in [5.41, 5.74) is 0. The van der Waals surface area contributed by atoms with Gasteiger partial charge in [0.2, 0.25) is 0 Å². The molecule has 0 aliphatic carbocycles. The van der Waals surface area contributed by atoms with E-state index >= 15 is 0 Å². The zero-order valence-electron chi connectivity index (χ0n) is 6.23. The Morgan fingerprint density at radius 3 is 2.36 bits per heavy atom. The molecule has 0 bridgehead atoms. The van der Waals surface area contributed by atoms with Gasteiger partial charge in [-0.2, -0.15) is 0 Å². The summed E-state index contributed by atoms with van der Waals surface area (Å²) in [6.07, 6.45) is -0.103. The van der Waals surface area contributed by atoms with Crippen LogP contribution in [0.3, 0.4) is 0 Å². The Morgan fingerprint density at radius 2 is 1.91 bits per heavy atom. The maximum absolute atomic E-state index is 10.5. The fourth-order valence-corrected chi connectivity index (χ4v) is 1.92. The Kier molecular flexibility index (Phi) is 3.04. The molecule has 0 saturated carbocycles. The second-order valence-corrected chi connectivity index (χ2v) is 4.29. The molecule has 0 atom stereocenters. The van der Waals surface area contributed by atoms with Crippen LogP contribution in [0, 0.1) is 0 Å². The number of nitrogens with one attached hydrogen (secondary N) is 1. The molecular formula is C5H13N2O3P. The average molecular weight is 180 g/mol. The lowest BCUT2D eigenvalue weighted by Gasteiger charge is -2.26. The van der Waals surface area contributed by atoms with E-state index in [2.05, 4.69) is 5.32 Å². The van der Waals surface area contributed by atoms with Gasteiger partial charge in [-0.1, -0.05) is 0 Å². The number of hydrogen-bond acceptors (Lipinski definition) is 3. The Morgan fingerprint density at radius 1 is 1.36 bits per heavy atom. The van der Waals surface area contributed by atoms with E-state index < -0.39 is 7.60 Å². The molecule has 0 unspecified atom stereocenters. The second kappa shape index (κ2) is 3.65. The van der Waals surface area contributed by atoms with E-state index in [-0.39, 0.29) is 6.29 Å². The van der Waals surface area contributed by atoms with Crippen LogP contribution in [-0.2, 0) is 4.57 Å². The summed E-state index contributed by atoms with van der Waals surface area (Å²) in [5, 5.41) is 3.11. The first-order chi connectivity index (χ1) is 5.08. The molecule has 1 aliphatic heterocycles. The van der Waals surface area contributed by atoms with E-state index in [1.807, 2.05) is 0 Å². The van der Waals surface area contributed by atoms with Gasteiger partial charge >= 0.3 is 7.60 Å². The van der Waals surface area contributed by atoms with Crippen LogP contribution in [0.4, 0.5) is 0 Å². The van der Waals surface area contributed by atoms with Gasteiger partial charge < -0.3 is 15.1 Å². The van der Waals surface area contributed by atoms with Gasteiger partial charge in [0.1, 0.15) is 6.29 Å². The fraction of sp³-hybridized carbons (Fsp3) is 1.00. The molecule has 3 N–H and O–H groups in total. The van der Waals surface area contributed by atoms with Gasteiger partial charge in [0, 0.05) is 26.2 Å². The largest absolute Gasteiger partial charge is 0.339 e. The molecule has 0 aromatic rings. The molecule has 0 spiro atoms. The number of nitrogens with zero attached hydrogens (tertiary/aromatic N) is 1. The minimum absolute atomic E-state index is 0.103. The van der Waals surface area contributed by atoms with E-state index in [0.29, 0.717) is 0 Å². The van der Waals surface area contributed by atoms with Crippen molar-refractivity contribution in [3.63, 3.8) is 0 Å². The molecule has 66 valence electrons. The van der Waals surface area contributed by atoms with Crippen LogP contribution in [0.25, 0.3) is 0 Å². The van der Waals surface area contributed by atoms with Gasteiger partial charge in [0.25, 0.3) is 0 Å². The minimum Gasteiger partial charge on any atom is -0.324 e. The number of piperazine rings is 1. The van der Waals surface area contributed by atoms with Crippen molar-refractivity contribution in [2.24, 2.45) is 0 Å². The Hall–Kier alpha value is 0.0700. The fourth-order valence-electron chi connectivity index (χ4n) is 1.11. The first kappa shape index (κ1) is 9.16. The predicted molar refractivity (Wildman–Crippen MR) is 41.4 cm³/mol. The van der Waals surface area contributed by atoms with Crippen molar-refractivity contribution >= 4 is 7.60 Å². The standard InChI is InChI=1S/C5H13N2O3P/c8-11(9,10)5-7-3-1-6-2-4-7/h6H,1-5H2,(H2,8,9,10). The highest BCUT2D eigenvalue weighted by Crippen LogP contribution is 2.34. The molecule has 0 radical (unpaired) electrons. The normalized spacial score (nSPS) is 22.0. The average Bonchev–Trinajstić information content (AvgIpc) is 1.85. The molecule has 0 amide bonds. The Balaban J connectivity index is 2.30. The third kappa shape index (κ3) is 3.84. The lowest BCUT2D eigenvalue weighted by Crippen LogP contribution is -2.43.